The van der Waals surface area contributed by atoms with Crippen molar-refractivity contribution < 1.29 is 4.79 Å². The highest BCUT2D eigenvalue weighted by molar-refractivity contribution is 6.06. The standard InChI is InChI=1S/C25H26N6O/c1-15-11-21-20(14-27-15)24(28-13-17-7-4-3-5-8-17)30-25(29-21)31-16(2)12-19-18(23(26)32)9-6-10-22(19)31/h3-10,12,15,27H,11,13-14H2,1-2H3,(H2,26,32)(H,28,29,30). The lowest BCUT2D eigenvalue weighted by Gasteiger charge is -2.25. The van der Waals surface area contributed by atoms with Crippen LogP contribution in [0.3, 0.4) is 0 Å². The van der Waals surface area contributed by atoms with Crippen LogP contribution in [-0.2, 0) is 19.5 Å². The van der Waals surface area contributed by atoms with Crippen molar-refractivity contribution in [1.82, 2.24) is 19.9 Å². The molecule has 4 aromatic rings. The van der Waals surface area contributed by atoms with E-state index in [-0.39, 0.29) is 0 Å². The Morgan fingerprint density at radius 2 is 2.00 bits per heavy atom. The van der Waals surface area contributed by atoms with Crippen LogP contribution in [0.5, 0.6) is 0 Å². The van der Waals surface area contributed by atoms with Gasteiger partial charge in [0.2, 0.25) is 11.9 Å². The summed E-state index contributed by atoms with van der Waals surface area (Å²) in [6, 6.07) is 18.2. The molecule has 2 aromatic heterocycles. The topological polar surface area (TPSA) is 97.9 Å². The summed E-state index contributed by atoms with van der Waals surface area (Å²) in [5.41, 5.74) is 11.3. The van der Waals surface area contributed by atoms with Crippen molar-refractivity contribution in [3.8, 4) is 5.95 Å². The molecule has 0 radical (unpaired) electrons. The lowest BCUT2D eigenvalue weighted by atomic mass is 10.0. The molecule has 0 bridgehead atoms. The Balaban J connectivity index is 1.63. The summed E-state index contributed by atoms with van der Waals surface area (Å²) >= 11 is 0. The Morgan fingerprint density at radius 3 is 2.78 bits per heavy atom. The van der Waals surface area contributed by atoms with Gasteiger partial charge in [-0.25, -0.2) is 4.98 Å². The van der Waals surface area contributed by atoms with E-state index in [4.69, 9.17) is 15.7 Å². The van der Waals surface area contributed by atoms with Gasteiger partial charge >= 0.3 is 0 Å². The summed E-state index contributed by atoms with van der Waals surface area (Å²) in [5.74, 6) is 0.993. The molecule has 1 aliphatic heterocycles. The third-order valence-electron chi connectivity index (χ3n) is 6.01. The number of anilines is 1. The first-order chi connectivity index (χ1) is 15.5. The van der Waals surface area contributed by atoms with E-state index in [0.29, 0.717) is 24.1 Å². The Morgan fingerprint density at radius 1 is 1.19 bits per heavy atom. The van der Waals surface area contributed by atoms with E-state index in [0.717, 1.165) is 46.6 Å². The van der Waals surface area contributed by atoms with Crippen LogP contribution in [0, 0.1) is 6.92 Å². The highest BCUT2D eigenvalue weighted by atomic mass is 16.1. The predicted octanol–water partition coefficient (Wildman–Crippen LogP) is 3.47. The average Bonchev–Trinajstić information content (AvgIpc) is 3.13. The normalized spacial score (nSPS) is 15.5. The van der Waals surface area contributed by atoms with Gasteiger partial charge in [-0.2, -0.15) is 4.98 Å². The second-order valence-corrected chi connectivity index (χ2v) is 8.35. The fourth-order valence-corrected chi connectivity index (χ4v) is 4.38. The minimum Gasteiger partial charge on any atom is -0.366 e. The number of nitrogens with zero attached hydrogens (tertiary/aromatic N) is 3. The fourth-order valence-electron chi connectivity index (χ4n) is 4.38. The van der Waals surface area contributed by atoms with Gasteiger partial charge in [-0.05, 0) is 37.6 Å². The number of primary amides is 1. The highest BCUT2D eigenvalue weighted by Crippen LogP contribution is 2.29. The van der Waals surface area contributed by atoms with Crippen molar-refractivity contribution in [2.75, 3.05) is 5.32 Å². The molecule has 0 spiro atoms. The van der Waals surface area contributed by atoms with Crippen LogP contribution in [0.1, 0.15) is 39.8 Å². The maximum Gasteiger partial charge on any atom is 0.249 e. The van der Waals surface area contributed by atoms with Crippen LogP contribution in [0.15, 0.2) is 54.6 Å². The molecule has 32 heavy (non-hydrogen) atoms. The smallest absolute Gasteiger partial charge is 0.249 e. The van der Waals surface area contributed by atoms with Crippen LogP contribution in [0.25, 0.3) is 16.9 Å². The van der Waals surface area contributed by atoms with E-state index in [2.05, 4.69) is 29.7 Å². The summed E-state index contributed by atoms with van der Waals surface area (Å²) in [6.45, 7) is 5.56. The van der Waals surface area contributed by atoms with Crippen LogP contribution in [0.4, 0.5) is 5.82 Å². The van der Waals surface area contributed by atoms with Crippen LogP contribution >= 0.6 is 0 Å². The number of hydrogen-bond acceptors (Lipinski definition) is 5. The number of aryl methyl sites for hydroxylation is 1. The zero-order valence-electron chi connectivity index (χ0n) is 18.2. The number of fused-ring (bicyclic) bond motifs is 2. The quantitative estimate of drug-likeness (QED) is 0.454. The van der Waals surface area contributed by atoms with Gasteiger partial charge in [0.15, 0.2) is 0 Å². The van der Waals surface area contributed by atoms with Crippen molar-refractivity contribution in [2.24, 2.45) is 5.73 Å². The van der Waals surface area contributed by atoms with E-state index in [1.807, 2.05) is 47.9 Å². The molecular formula is C25H26N6O. The first-order valence-electron chi connectivity index (χ1n) is 10.8. The fraction of sp³-hybridized carbons (Fsp3) is 0.240. The summed E-state index contributed by atoms with van der Waals surface area (Å²) in [7, 11) is 0. The van der Waals surface area contributed by atoms with E-state index >= 15 is 0 Å². The second kappa shape index (κ2) is 8.09. The first kappa shape index (κ1) is 20.2. The molecule has 1 amide bonds. The zero-order chi connectivity index (χ0) is 22.2. The largest absolute Gasteiger partial charge is 0.366 e. The van der Waals surface area contributed by atoms with Crippen molar-refractivity contribution in [3.63, 3.8) is 0 Å². The molecule has 5 rings (SSSR count). The maximum atomic E-state index is 11.9. The summed E-state index contributed by atoms with van der Waals surface area (Å²) < 4.78 is 2.00. The Hall–Kier alpha value is -3.71. The molecular weight excluding hydrogens is 400 g/mol. The van der Waals surface area contributed by atoms with Gasteiger partial charge in [0.1, 0.15) is 5.82 Å². The van der Waals surface area contributed by atoms with Crippen LogP contribution in [-0.4, -0.2) is 26.5 Å². The van der Waals surface area contributed by atoms with Gasteiger partial charge in [-0.15, -0.1) is 0 Å². The third-order valence-corrected chi connectivity index (χ3v) is 6.01. The molecule has 4 N–H and O–H groups in total. The van der Waals surface area contributed by atoms with E-state index in [1.165, 1.54) is 5.56 Å². The van der Waals surface area contributed by atoms with E-state index < -0.39 is 5.91 Å². The molecule has 3 heterocycles. The summed E-state index contributed by atoms with van der Waals surface area (Å²) in [6.07, 6.45) is 0.829. The van der Waals surface area contributed by atoms with Gasteiger partial charge in [-0.3, -0.25) is 9.36 Å². The monoisotopic (exact) mass is 426 g/mol. The van der Waals surface area contributed by atoms with Gasteiger partial charge in [0.25, 0.3) is 0 Å². The van der Waals surface area contributed by atoms with Crippen molar-refractivity contribution in [1.29, 1.82) is 0 Å². The minimum absolute atomic E-state index is 0.344. The van der Waals surface area contributed by atoms with E-state index in [1.54, 1.807) is 6.07 Å². The molecule has 1 unspecified atom stereocenters. The van der Waals surface area contributed by atoms with Gasteiger partial charge in [-0.1, -0.05) is 36.4 Å². The molecule has 7 nitrogen and oxygen atoms in total. The predicted molar refractivity (Wildman–Crippen MR) is 126 cm³/mol. The summed E-state index contributed by atoms with van der Waals surface area (Å²) in [4.78, 5) is 21.8. The number of nitrogens with one attached hydrogen (secondary N) is 2. The van der Waals surface area contributed by atoms with Crippen LogP contribution < -0.4 is 16.4 Å². The van der Waals surface area contributed by atoms with Gasteiger partial charge in [0, 0.05) is 47.8 Å². The number of rotatable bonds is 5. The summed E-state index contributed by atoms with van der Waals surface area (Å²) in [5, 5.41) is 7.85. The number of amides is 1. The number of nitrogens with two attached hydrogens (primary N) is 1. The molecule has 1 atom stereocenters. The molecule has 2 aromatic carbocycles. The molecule has 0 fully saturated rings. The highest BCUT2D eigenvalue weighted by Gasteiger charge is 2.23. The molecule has 1 aliphatic rings. The number of carbonyl (C=O) groups excluding carboxylic acids is 1. The Kier molecular flexibility index (Phi) is 5.11. The third kappa shape index (κ3) is 3.61. The molecule has 0 saturated carbocycles. The van der Waals surface area contributed by atoms with Crippen molar-refractivity contribution in [2.45, 2.75) is 39.4 Å². The zero-order valence-corrected chi connectivity index (χ0v) is 18.2. The van der Waals surface area contributed by atoms with Gasteiger partial charge < -0.3 is 16.4 Å². The Labute approximate surface area is 186 Å². The lowest BCUT2D eigenvalue weighted by Crippen LogP contribution is -2.34. The SMILES string of the molecule is Cc1cc2c(C(N)=O)cccc2n1-c1nc2c(c(NCc3ccccc3)n1)CNC(C)C2. The lowest BCUT2D eigenvalue weighted by molar-refractivity contribution is 0.100. The molecule has 0 aliphatic carbocycles. The minimum atomic E-state index is -0.441. The number of aromatic nitrogens is 3. The number of carbonyl (C=O) groups is 1. The molecule has 7 heteroatoms. The first-order valence-corrected chi connectivity index (χ1v) is 10.8. The van der Waals surface area contributed by atoms with Crippen molar-refractivity contribution >= 4 is 22.6 Å². The van der Waals surface area contributed by atoms with Crippen LogP contribution in [0.2, 0.25) is 0 Å². The maximum absolute atomic E-state index is 11.9. The van der Waals surface area contributed by atoms with E-state index in [9.17, 15) is 4.79 Å². The average molecular weight is 427 g/mol. The number of hydrogen-bond donors (Lipinski definition) is 3. The molecule has 162 valence electrons. The van der Waals surface area contributed by atoms with Gasteiger partial charge in [0.05, 0.1) is 11.2 Å². The number of benzene rings is 2. The second-order valence-electron chi connectivity index (χ2n) is 8.35. The molecule has 0 saturated heterocycles. The van der Waals surface area contributed by atoms with Crippen molar-refractivity contribution in [3.05, 3.63) is 82.7 Å². The Bertz CT molecular complexity index is 1310.